The highest BCUT2D eigenvalue weighted by Gasteiger charge is 2.27. The van der Waals surface area contributed by atoms with Gasteiger partial charge < -0.3 is 10.6 Å². The van der Waals surface area contributed by atoms with Crippen LogP contribution in [0.4, 0.5) is 14.5 Å². The number of benzene rings is 2. The number of amides is 2. The fourth-order valence-electron chi connectivity index (χ4n) is 2.44. The Bertz CT molecular complexity index is 820. The normalized spacial score (nSPS) is 12.0. The molecule has 0 aliphatic heterocycles. The second-order valence-electron chi connectivity index (χ2n) is 6.24. The largest absolute Gasteiger partial charge is 0.340 e. The highest BCUT2D eigenvalue weighted by atomic mass is 127. The number of anilines is 1. The third-order valence-electron chi connectivity index (χ3n) is 3.87. The summed E-state index contributed by atoms with van der Waals surface area (Å²) in [4.78, 5) is 24.9. The summed E-state index contributed by atoms with van der Waals surface area (Å²) < 4.78 is 28.6. The standard InChI is InChI=1S/C19H19F2IN2O2/c1-10(2)17(19(26)23-15-8-7-12(22)9-11(15)3)24-18(25)16-13(20)5-4-6-14(16)21/h4-10,17H,1-3H3,(H,23,26)(H,24,25). The molecule has 0 radical (unpaired) electrons. The molecule has 0 spiro atoms. The van der Waals surface area contributed by atoms with Crippen LogP contribution in [0.1, 0.15) is 29.8 Å². The minimum absolute atomic E-state index is 0.280. The van der Waals surface area contributed by atoms with E-state index in [4.69, 9.17) is 0 Å². The first-order chi connectivity index (χ1) is 12.2. The maximum absolute atomic E-state index is 13.8. The van der Waals surface area contributed by atoms with E-state index in [0.29, 0.717) is 5.69 Å². The Kier molecular flexibility index (Phi) is 6.69. The van der Waals surface area contributed by atoms with Gasteiger partial charge in [0.2, 0.25) is 5.91 Å². The van der Waals surface area contributed by atoms with Gasteiger partial charge in [-0.2, -0.15) is 0 Å². The molecule has 138 valence electrons. The van der Waals surface area contributed by atoms with Gasteiger partial charge in [-0.15, -0.1) is 0 Å². The lowest BCUT2D eigenvalue weighted by Gasteiger charge is -2.22. The van der Waals surface area contributed by atoms with E-state index in [1.54, 1.807) is 19.9 Å². The molecule has 0 aliphatic carbocycles. The average molecular weight is 472 g/mol. The van der Waals surface area contributed by atoms with Gasteiger partial charge in [0.05, 0.1) is 0 Å². The summed E-state index contributed by atoms with van der Waals surface area (Å²) in [6.07, 6.45) is 0. The van der Waals surface area contributed by atoms with E-state index >= 15 is 0 Å². The number of carbonyl (C=O) groups is 2. The molecule has 0 aliphatic rings. The van der Waals surface area contributed by atoms with E-state index in [1.807, 2.05) is 19.1 Å². The van der Waals surface area contributed by atoms with Gasteiger partial charge >= 0.3 is 0 Å². The molecule has 0 fully saturated rings. The number of hydrogen-bond donors (Lipinski definition) is 2. The van der Waals surface area contributed by atoms with Crippen molar-refractivity contribution in [1.82, 2.24) is 5.32 Å². The second-order valence-corrected chi connectivity index (χ2v) is 7.49. The summed E-state index contributed by atoms with van der Waals surface area (Å²) in [6.45, 7) is 5.33. The maximum Gasteiger partial charge on any atom is 0.257 e. The first-order valence-electron chi connectivity index (χ1n) is 8.02. The van der Waals surface area contributed by atoms with Crippen LogP contribution in [0.25, 0.3) is 0 Å². The molecule has 7 heteroatoms. The zero-order valence-corrected chi connectivity index (χ0v) is 16.7. The van der Waals surface area contributed by atoms with Crippen LogP contribution < -0.4 is 10.6 Å². The topological polar surface area (TPSA) is 58.2 Å². The van der Waals surface area contributed by atoms with E-state index in [-0.39, 0.29) is 5.92 Å². The first kappa shape index (κ1) is 20.3. The van der Waals surface area contributed by atoms with Crippen molar-refractivity contribution in [2.45, 2.75) is 26.8 Å². The zero-order chi connectivity index (χ0) is 19.4. The van der Waals surface area contributed by atoms with Crippen LogP contribution in [0.2, 0.25) is 0 Å². The van der Waals surface area contributed by atoms with Gasteiger partial charge in [-0.1, -0.05) is 19.9 Å². The van der Waals surface area contributed by atoms with Crippen LogP contribution in [-0.2, 0) is 4.79 Å². The van der Waals surface area contributed by atoms with Crippen molar-refractivity contribution < 1.29 is 18.4 Å². The molecular weight excluding hydrogens is 453 g/mol. The molecule has 2 amide bonds. The number of nitrogens with one attached hydrogen (secondary N) is 2. The Labute approximate surface area is 164 Å². The van der Waals surface area contributed by atoms with Crippen molar-refractivity contribution >= 4 is 40.1 Å². The van der Waals surface area contributed by atoms with Crippen molar-refractivity contribution in [2.24, 2.45) is 5.92 Å². The van der Waals surface area contributed by atoms with Gasteiger partial charge in [0.25, 0.3) is 5.91 Å². The molecule has 0 saturated heterocycles. The molecule has 26 heavy (non-hydrogen) atoms. The fraction of sp³-hybridized carbons (Fsp3) is 0.263. The van der Waals surface area contributed by atoms with Gasteiger partial charge in [0.1, 0.15) is 23.2 Å². The average Bonchev–Trinajstić information content (AvgIpc) is 2.54. The van der Waals surface area contributed by atoms with E-state index in [2.05, 4.69) is 33.2 Å². The molecule has 0 aromatic heterocycles. The van der Waals surface area contributed by atoms with Gasteiger partial charge in [0, 0.05) is 9.26 Å². The summed E-state index contributed by atoms with van der Waals surface area (Å²) in [5, 5.41) is 5.19. The molecule has 4 nitrogen and oxygen atoms in total. The van der Waals surface area contributed by atoms with Crippen molar-refractivity contribution in [1.29, 1.82) is 0 Å². The molecule has 2 aromatic carbocycles. The lowest BCUT2D eigenvalue weighted by atomic mass is 10.0. The van der Waals surface area contributed by atoms with Crippen LogP contribution in [0, 0.1) is 28.0 Å². The third-order valence-corrected chi connectivity index (χ3v) is 4.54. The Morgan fingerprint density at radius 2 is 1.69 bits per heavy atom. The van der Waals surface area contributed by atoms with Crippen molar-refractivity contribution in [3.63, 3.8) is 0 Å². The number of halogens is 3. The van der Waals surface area contributed by atoms with Crippen molar-refractivity contribution in [3.8, 4) is 0 Å². The smallest absolute Gasteiger partial charge is 0.257 e. The van der Waals surface area contributed by atoms with Crippen LogP contribution in [0.5, 0.6) is 0 Å². The third kappa shape index (κ3) is 4.78. The number of hydrogen-bond acceptors (Lipinski definition) is 2. The Morgan fingerprint density at radius 1 is 1.08 bits per heavy atom. The van der Waals surface area contributed by atoms with E-state index in [0.717, 1.165) is 21.3 Å². The predicted molar refractivity (Wildman–Crippen MR) is 105 cm³/mol. The molecule has 1 unspecified atom stereocenters. The monoisotopic (exact) mass is 472 g/mol. The Morgan fingerprint density at radius 3 is 2.23 bits per heavy atom. The van der Waals surface area contributed by atoms with Gasteiger partial charge in [0.15, 0.2) is 0 Å². The van der Waals surface area contributed by atoms with Crippen molar-refractivity contribution in [2.75, 3.05) is 5.32 Å². The predicted octanol–water partition coefficient (Wildman–Crippen LogP) is 4.27. The SMILES string of the molecule is Cc1cc(I)ccc1NC(=O)C(NC(=O)c1c(F)cccc1F)C(C)C. The van der Waals surface area contributed by atoms with Gasteiger partial charge in [-0.25, -0.2) is 8.78 Å². The van der Waals surface area contributed by atoms with Crippen LogP contribution in [0.15, 0.2) is 36.4 Å². The minimum atomic E-state index is -0.973. The second kappa shape index (κ2) is 8.57. The lowest BCUT2D eigenvalue weighted by molar-refractivity contribution is -0.118. The maximum atomic E-state index is 13.8. The van der Waals surface area contributed by atoms with Crippen LogP contribution in [-0.4, -0.2) is 17.9 Å². The lowest BCUT2D eigenvalue weighted by Crippen LogP contribution is -2.47. The molecule has 0 heterocycles. The van der Waals surface area contributed by atoms with Crippen molar-refractivity contribution in [3.05, 3.63) is 62.7 Å². The fourth-order valence-corrected chi connectivity index (χ4v) is 3.09. The highest BCUT2D eigenvalue weighted by molar-refractivity contribution is 14.1. The number of rotatable bonds is 5. The Balaban J connectivity index is 2.20. The summed E-state index contributed by atoms with van der Waals surface area (Å²) in [5.41, 5.74) is 0.794. The van der Waals surface area contributed by atoms with Gasteiger partial charge in [-0.3, -0.25) is 9.59 Å². The molecule has 2 aromatic rings. The number of carbonyl (C=O) groups excluding carboxylic acids is 2. The van der Waals surface area contributed by atoms with E-state index in [9.17, 15) is 18.4 Å². The summed E-state index contributed by atoms with van der Waals surface area (Å²) in [7, 11) is 0. The number of aryl methyl sites for hydroxylation is 1. The molecule has 1 atom stereocenters. The molecule has 2 rings (SSSR count). The first-order valence-corrected chi connectivity index (χ1v) is 9.10. The quantitative estimate of drug-likeness (QED) is 0.639. The van der Waals surface area contributed by atoms with E-state index < -0.39 is 35.1 Å². The summed E-state index contributed by atoms with van der Waals surface area (Å²) in [6, 6.07) is 7.75. The van der Waals surface area contributed by atoms with E-state index in [1.165, 1.54) is 6.07 Å². The molecule has 2 N–H and O–H groups in total. The minimum Gasteiger partial charge on any atom is -0.340 e. The molecule has 0 bridgehead atoms. The summed E-state index contributed by atoms with van der Waals surface area (Å²) >= 11 is 2.17. The van der Waals surface area contributed by atoms with Crippen LogP contribution in [0.3, 0.4) is 0 Å². The van der Waals surface area contributed by atoms with Crippen LogP contribution >= 0.6 is 22.6 Å². The zero-order valence-electron chi connectivity index (χ0n) is 14.6. The highest BCUT2D eigenvalue weighted by Crippen LogP contribution is 2.19. The molecule has 0 saturated carbocycles. The Hall–Kier alpha value is -2.03. The van der Waals surface area contributed by atoms with Gasteiger partial charge in [-0.05, 0) is 71.3 Å². The molecular formula is C19H19F2IN2O2. The summed E-state index contributed by atoms with van der Waals surface area (Å²) in [5.74, 6) is -3.64.